The number of alkyl carbamates (subject to hydrolysis) is 1. The van der Waals surface area contributed by atoms with Gasteiger partial charge in [-0.05, 0) is 41.0 Å². The predicted molar refractivity (Wildman–Crippen MR) is 126 cm³/mol. The molecule has 0 spiro atoms. The number of carbonyl (C=O) groups excluding carboxylic acids is 2. The zero-order valence-electron chi connectivity index (χ0n) is 19.3. The lowest BCUT2D eigenvalue weighted by Gasteiger charge is -2.20. The van der Waals surface area contributed by atoms with Gasteiger partial charge < -0.3 is 20.5 Å². The van der Waals surface area contributed by atoms with Gasteiger partial charge in [-0.1, -0.05) is 69.3 Å². The minimum absolute atomic E-state index is 0.0113. The molecule has 0 radical (unpaired) electrons. The van der Waals surface area contributed by atoms with Crippen LogP contribution in [0.5, 0.6) is 0 Å². The van der Waals surface area contributed by atoms with Gasteiger partial charge in [0.1, 0.15) is 12.6 Å². The van der Waals surface area contributed by atoms with Crippen molar-refractivity contribution in [3.8, 4) is 11.1 Å². The van der Waals surface area contributed by atoms with E-state index in [-0.39, 0.29) is 24.9 Å². The van der Waals surface area contributed by atoms with Crippen LogP contribution in [-0.4, -0.2) is 41.8 Å². The molecule has 1 aliphatic carbocycles. The molecular weight excluding hydrogens is 420 g/mol. The van der Waals surface area contributed by atoms with E-state index in [0.717, 1.165) is 22.3 Å². The molecule has 0 fully saturated rings. The molecule has 33 heavy (non-hydrogen) atoms. The van der Waals surface area contributed by atoms with Crippen molar-refractivity contribution in [2.75, 3.05) is 6.61 Å². The Balaban J connectivity index is 1.55. The number of nitrogens with one attached hydrogen (secondary N) is 2. The van der Waals surface area contributed by atoms with Crippen LogP contribution < -0.4 is 10.6 Å². The number of carboxylic acid groups (broad SMARTS) is 1. The van der Waals surface area contributed by atoms with Gasteiger partial charge in [0.2, 0.25) is 5.91 Å². The molecule has 0 saturated heterocycles. The molecular formula is C26H32N2O5. The molecule has 2 atom stereocenters. The fraction of sp³-hybridized carbons (Fsp3) is 0.423. The van der Waals surface area contributed by atoms with Crippen LogP contribution in [0.2, 0.25) is 0 Å². The number of carbonyl (C=O) groups is 3. The number of fused-ring (bicyclic) bond motifs is 3. The number of aliphatic carboxylic acids is 1. The fourth-order valence-corrected chi connectivity index (χ4v) is 4.27. The molecule has 0 unspecified atom stereocenters. The van der Waals surface area contributed by atoms with E-state index in [2.05, 4.69) is 34.9 Å². The molecule has 1 aliphatic rings. The van der Waals surface area contributed by atoms with Crippen molar-refractivity contribution in [3.05, 3.63) is 59.7 Å². The zero-order chi connectivity index (χ0) is 24.0. The molecule has 2 aromatic carbocycles. The maximum absolute atomic E-state index is 12.5. The van der Waals surface area contributed by atoms with Crippen molar-refractivity contribution >= 4 is 18.0 Å². The zero-order valence-corrected chi connectivity index (χ0v) is 19.3. The second-order valence-electron chi connectivity index (χ2n) is 8.87. The summed E-state index contributed by atoms with van der Waals surface area (Å²) in [5.41, 5.74) is 4.56. The molecule has 0 saturated carbocycles. The minimum Gasteiger partial charge on any atom is -0.480 e. The Morgan fingerprint density at radius 1 is 0.970 bits per heavy atom. The Hall–Kier alpha value is -3.35. The van der Waals surface area contributed by atoms with Gasteiger partial charge in [0.05, 0.1) is 0 Å². The van der Waals surface area contributed by atoms with Gasteiger partial charge in [0, 0.05) is 18.4 Å². The highest BCUT2D eigenvalue weighted by atomic mass is 16.5. The summed E-state index contributed by atoms with van der Waals surface area (Å²) in [6.45, 7) is 5.84. The summed E-state index contributed by atoms with van der Waals surface area (Å²) in [5.74, 6) is -1.38. The molecule has 0 aromatic heterocycles. The maximum atomic E-state index is 12.5. The van der Waals surface area contributed by atoms with Crippen LogP contribution in [0.4, 0.5) is 4.79 Å². The third kappa shape index (κ3) is 6.12. The first-order valence-electron chi connectivity index (χ1n) is 11.4. The molecule has 0 heterocycles. The van der Waals surface area contributed by atoms with Gasteiger partial charge in [-0.3, -0.25) is 4.79 Å². The lowest BCUT2D eigenvalue weighted by molar-refractivity contribution is -0.142. The van der Waals surface area contributed by atoms with E-state index in [0.29, 0.717) is 12.8 Å². The van der Waals surface area contributed by atoms with Crippen molar-refractivity contribution in [1.82, 2.24) is 10.6 Å². The van der Waals surface area contributed by atoms with Gasteiger partial charge in [0.25, 0.3) is 0 Å². The summed E-state index contributed by atoms with van der Waals surface area (Å²) in [6, 6.07) is 14.8. The van der Waals surface area contributed by atoms with Crippen LogP contribution in [0.25, 0.3) is 11.1 Å². The first-order chi connectivity index (χ1) is 15.8. The van der Waals surface area contributed by atoms with E-state index >= 15 is 0 Å². The SMILES string of the molecule is CC[C@@H](CC(=O)N[C@H](CC(C)C)C(=O)O)NC(=O)OCC1c2ccccc2-c2ccccc21. The molecule has 7 nitrogen and oxygen atoms in total. The van der Waals surface area contributed by atoms with Crippen molar-refractivity contribution in [2.45, 2.75) is 58.0 Å². The van der Waals surface area contributed by atoms with Crippen LogP contribution in [0.1, 0.15) is 57.1 Å². The van der Waals surface area contributed by atoms with Crippen LogP contribution in [0.3, 0.4) is 0 Å². The van der Waals surface area contributed by atoms with Crippen LogP contribution in [-0.2, 0) is 14.3 Å². The number of carboxylic acids is 1. The monoisotopic (exact) mass is 452 g/mol. The lowest BCUT2D eigenvalue weighted by Crippen LogP contribution is -2.45. The van der Waals surface area contributed by atoms with Crippen molar-refractivity contribution in [1.29, 1.82) is 0 Å². The molecule has 3 rings (SSSR count). The third-order valence-electron chi connectivity index (χ3n) is 5.93. The standard InChI is InChI=1S/C26H32N2O5/c1-4-17(14-24(29)28-23(25(30)31)13-16(2)3)27-26(32)33-15-22-20-11-7-5-9-18(20)19-10-6-8-12-21(19)22/h5-12,16-17,22-23H,4,13-15H2,1-3H3,(H,27,32)(H,28,29)(H,30,31)/t17-,23+/m0/s1. The van der Waals surface area contributed by atoms with Crippen LogP contribution >= 0.6 is 0 Å². The second-order valence-corrected chi connectivity index (χ2v) is 8.87. The number of ether oxygens (including phenoxy) is 1. The van der Waals surface area contributed by atoms with Crippen molar-refractivity contribution in [3.63, 3.8) is 0 Å². The molecule has 0 aliphatic heterocycles. The Kier molecular flexibility index (Phi) is 8.09. The Bertz CT molecular complexity index is 958. The van der Waals surface area contributed by atoms with Gasteiger partial charge in [-0.2, -0.15) is 0 Å². The molecule has 0 bridgehead atoms. The fourth-order valence-electron chi connectivity index (χ4n) is 4.27. The smallest absolute Gasteiger partial charge is 0.407 e. The maximum Gasteiger partial charge on any atom is 0.407 e. The highest BCUT2D eigenvalue weighted by Crippen LogP contribution is 2.44. The molecule has 7 heteroatoms. The molecule has 2 amide bonds. The topological polar surface area (TPSA) is 105 Å². The lowest BCUT2D eigenvalue weighted by atomic mass is 9.98. The summed E-state index contributed by atoms with van der Waals surface area (Å²) in [7, 11) is 0. The minimum atomic E-state index is -1.06. The van der Waals surface area contributed by atoms with Gasteiger partial charge in [-0.15, -0.1) is 0 Å². The van der Waals surface area contributed by atoms with Crippen LogP contribution in [0.15, 0.2) is 48.5 Å². The van der Waals surface area contributed by atoms with E-state index in [1.807, 2.05) is 45.0 Å². The number of benzene rings is 2. The van der Waals surface area contributed by atoms with Crippen LogP contribution in [0, 0.1) is 5.92 Å². The predicted octanol–water partition coefficient (Wildman–Crippen LogP) is 4.31. The average molecular weight is 453 g/mol. The quantitative estimate of drug-likeness (QED) is 0.498. The number of rotatable bonds is 10. The van der Waals surface area contributed by atoms with E-state index < -0.39 is 30.1 Å². The van der Waals surface area contributed by atoms with E-state index in [9.17, 15) is 19.5 Å². The highest BCUT2D eigenvalue weighted by Gasteiger charge is 2.29. The van der Waals surface area contributed by atoms with Gasteiger partial charge in [0.15, 0.2) is 0 Å². The summed E-state index contributed by atoms with van der Waals surface area (Å²) in [5, 5.41) is 14.6. The number of amides is 2. The van der Waals surface area contributed by atoms with E-state index in [1.165, 1.54) is 0 Å². The average Bonchev–Trinajstić information content (AvgIpc) is 3.10. The largest absolute Gasteiger partial charge is 0.480 e. The Morgan fingerprint density at radius 3 is 2.06 bits per heavy atom. The van der Waals surface area contributed by atoms with Crippen molar-refractivity contribution in [2.24, 2.45) is 5.92 Å². The molecule has 3 N–H and O–H groups in total. The van der Waals surface area contributed by atoms with Crippen molar-refractivity contribution < 1.29 is 24.2 Å². The first-order valence-corrected chi connectivity index (χ1v) is 11.4. The van der Waals surface area contributed by atoms with E-state index in [4.69, 9.17) is 4.74 Å². The third-order valence-corrected chi connectivity index (χ3v) is 5.93. The molecule has 2 aromatic rings. The highest BCUT2D eigenvalue weighted by molar-refractivity contribution is 5.84. The van der Waals surface area contributed by atoms with E-state index in [1.54, 1.807) is 0 Å². The summed E-state index contributed by atoms with van der Waals surface area (Å²) < 4.78 is 5.55. The van der Waals surface area contributed by atoms with Gasteiger partial charge >= 0.3 is 12.1 Å². The Morgan fingerprint density at radius 2 is 1.55 bits per heavy atom. The Labute approximate surface area is 194 Å². The number of hydrogen-bond acceptors (Lipinski definition) is 4. The second kappa shape index (κ2) is 11.0. The molecule has 176 valence electrons. The summed E-state index contributed by atoms with van der Waals surface area (Å²) in [6.07, 6.45) is 0.258. The first kappa shape index (κ1) is 24.3. The summed E-state index contributed by atoms with van der Waals surface area (Å²) in [4.78, 5) is 36.2. The normalized spacial score (nSPS) is 14.2. The van der Waals surface area contributed by atoms with Gasteiger partial charge in [-0.25, -0.2) is 9.59 Å². The number of hydrogen-bond donors (Lipinski definition) is 3. The summed E-state index contributed by atoms with van der Waals surface area (Å²) >= 11 is 0.